The van der Waals surface area contributed by atoms with Crippen molar-refractivity contribution in [3.05, 3.63) is 59.7 Å². The molecule has 2 aromatic carbocycles. The minimum Gasteiger partial charge on any atom is -0.507 e. The van der Waals surface area contributed by atoms with Crippen LogP contribution in [-0.2, 0) is 0 Å². The van der Waals surface area contributed by atoms with Crippen LogP contribution in [0, 0.1) is 0 Å². The molecule has 0 fully saturated rings. The number of methoxy groups -OCH3 is 1. The van der Waals surface area contributed by atoms with Crippen molar-refractivity contribution >= 4 is 11.8 Å². The molecule has 0 bridgehead atoms. The van der Waals surface area contributed by atoms with Gasteiger partial charge >= 0.3 is 6.03 Å². The Balaban J connectivity index is 0.000000422. The van der Waals surface area contributed by atoms with Crippen molar-refractivity contribution in [1.29, 1.82) is 0 Å². The normalized spacial score (nSPS) is 9.18. The van der Waals surface area contributed by atoms with Crippen molar-refractivity contribution in [3.63, 3.8) is 0 Å². The summed E-state index contributed by atoms with van der Waals surface area (Å²) in [5.41, 5.74) is 6.28. The highest BCUT2D eigenvalue weighted by Gasteiger charge is 2.13. The highest BCUT2D eigenvalue weighted by Crippen LogP contribution is 2.25. The topological polar surface area (TPSA) is 122 Å². The molecule has 0 heterocycles. The van der Waals surface area contributed by atoms with Crippen molar-refractivity contribution < 1.29 is 24.6 Å². The number of ether oxygens (including phenoxy) is 1. The van der Waals surface area contributed by atoms with Gasteiger partial charge in [0, 0.05) is 11.6 Å². The van der Waals surface area contributed by atoms with Crippen LogP contribution >= 0.6 is 0 Å². The Morgan fingerprint density at radius 1 is 1.14 bits per heavy atom. The van der Waals surface area contributed by atoms with Crippen LogP contribution in [0.25, 0.3) is 0 Å². The molecule has 0 saturated heterocycles. The van der Waals surface area contributed by atoms with Gasteiger partial charge in [0.05, 0.1) is 12.7 Å². The second kappa shape index (κ2) is 8.28. The summed E-state index contributed by atoms with van der Waals surface area (Å²) < 4.78 is 4.96. The van der Waals surface area contributed by atoms with Gasteiger partial charge in [-0.05, 0) is 12.1 Å². The third-order valence-electron chi connectivity index (χ3n) is 2.60. The molecule has 7 nitrogen and oxygen atoms in total. The van der Waals surface area contributed by atoms with Gasteiger partial charge in [0.15, 0.2) is 5.78 Å². The Labute approximate surface area is 126 Å². The fourth-order valence-corrected chi connectivity index (χ4v) is 1.58. The highest BCUT2D eigenvalue weighted by atomic mass is 16.5. The molecule has 22 heavy (non-hydrogen) atoms. The molecule has 7 heteroatoms. The lowest BCUT2D eigenvalue weighted by atomic mass is 10.0. The van der Waals surface area contributed by atoms with E-state index in [4.69, 9.17) is 9.94 Å². The average molecular weight is 304 g/mol. The summed E-state index contributed by atoms with van der Waals surface area (Å²) in [6.45, 7) is 0. The van der Waals surface area contributed by atoms with E-state index >= 15 is 0 Å². The highest BCUT2D eigenvalue weighted by molar-refractivity contribution is 6.10. The van der Waals surface area contributed by atoms with Crippen molar-refractivity contribution in [2.24, 2.45) is 5.73 Å². The van der Waals surface area contributed by atoms with E-state index in [9.17, 15) is 14.7 Å². The molecule has 0 aliphatic rings. The van der Waals surface area contributed by atoms with Gasteiger partial charge in [0.1, 0.15) is 11.5 Å². The average Bonchev–Trinajstić information content (AvgIpc) is 2.55. The van der Waals surface area contributed by atoms with Crippen LogP contribution in [0.5, 0.6) is 11.5 Å². The molecule has 2 amide bonds. The number of nitrogens with one attached hydrogen (secondary N) is 1. The van der Waals surface area contributed by atoms with Crippen molar-refractivity contribution in [2.75, 3.05) is 7.11 Å². The molecule has 0 unspecified atom stereocenters. The number of hydrogen-bond acceptors (Lipinski definition) is 5. The summed E-state index contributed by atoms with van der Waals surface area (Å²) in [7, 11) is 1.51. The molecular formula is C15H16N2O5. The molecule has 0 radical (unpaired) electrons. The quantitative estimate of drug-likeness (QED) is 0.390. The number of aromatic hydroxyl groups is 1. The summed E-state index contributed by atoms with van der Waals surface area (Å²) in [6.07, 6.45) is 0. The SMILES string of the molecule is COc1ccc(C(=O)c2ccccc2)c(O)c1.NC(=O)NO. The number of benzene rings is 2. The molecule has 5 N–H and O–H groups in total. The van der Waals surface area contributed by atoms with Crippen LogP contribution in [0.2, 0.25) is 0 Å². The number of urea groups is 1. The Bertz CT molecular complexity index is 644. The number of rotatable bonds is 3. The summed E-state index contributed by atoms with van der Waals surface area (Å²) >= 11 is 0. The molecule has 2 rings (SSSR count). The fraction of sp³-hybridized carbons (Fsp3) is 0.0667. The number of phenols is 1. The number of carbonyl (C=O) groups is 2. The zero-order chi connectivity index (χ0) is 16.5. The second-order valence-corrected chi connectivity index (χ2v) is 4.05. The van der Waals surface area contributed by atoms with Crippen molar-refractivity contribution in [2.45, 2.75) is 0 Å². The van der Waals surface area contributed by atoms with Crippen LogP contribution in [0.15, 0.2) is 48.5 Å². The summed E-state index contributed by atoms with van der Waals surface area (Å²) in [5.74, 6) is 0.246. The number of hydrogen-bond donors (Lipinski definition) is 4. The lowest BCUT2D eigenvalue weighted by Gasteiger charge is -2.06. The van der Waals surface area contributed by atoms with E-state index in [-0.39, 0.29) is 17.1 Å². The van der Waals surface area contributed by atoms with Gasteiger partial charge in [0.2, 0.25) is 0 Å². The Morgan fingerprint density at radius 3 is 2.18 bits per heavy atom. The van der Waals surface area contributed by atoms with Crippen LogP contribution in [0.3, 0.4) is 0 Å². The smallest absolute Gasteiger partial charge is 0.335 e. The number of hydroxylamine groups is 1. The predicted molar refractivity (Wildman–Crippen MR) is 79.0 cm³/mol. The number of phenolic OH excluding ortho intramolecular Hbond substituents is 1. The van der Waals surface area contributed by atoms with Gasteiger partial charge in [-0.3, -0.25) is 10.0 Å². The Morgan fingerprint density at radius 2 is 1.73 bits per heavy atom. The molecule has 0 aliphatic heterocycles. The molecule has 2 aromatic rings. The van der Waals surface area contributed by atoms with Crippen LogP contribution < -0.4 is 16.0 Å². The molecule has 0 saturated carbocycles. The Hall–Kier alpha value is -3.06. The van der Waals surface area contributed by atoms with E-state index in [0.29, 0.717) is 11.3 Å². The van der Waals surface area contributed by atoms with E-state index in [2.05, 4.69) is 5.73 Å². The first-order chi connectivity index (χ1) is 10.5. The zero-order valence-corrected chi connectivity index (χ0v) is 11.8. The molecule has 0 aromatic heterocycles. The first-order valence-electron chi connectivity index (χ1n) is 6.16. The second-order valence-electron chi connectivity index (χ2n) is 4.05. The van der Waals surface area contributed by atoms with E-state index in [1.165, 1.54) is 18.7 Å². The van der Waals surface area contributed by atoms with Crippen molar-refractivity contribution in [3.8, 4) is 11.5 Å². The van der Waals surface area contributed by atoms with Crippen LogP contribution in [0.4, 0.5) is 4.79 Å². The molecular weight excluding hydrogens is 288 g/mol. The lowest BCUT2D eigenvalue weighted by Crippen LogP contribution is -2.25. The fourth-order valence-electron chi connectivity index (χ4n) is 1.58. The summed E-state index contributed by atoms with van der Waals surface area (Å²) in [4.78, 5) is 21.3. The van der Waals surface area contributed by atoms with E-state index in [1.54, 1.807) is 36.4 Å². The minimum atomic E-state index is -0.940. The Kier molecular flexibility index (Phi) is 6.39. The molecule has 0 aliphatic carbocycles. The maximum atomic E-state index is 12.1. The van der Waals surface area contributed by atoms with E-state index in [1.807, 2.05) is 6.07 Å². The number of primary amides is 1. The molecule has 0 spiro atoms. The van der Waals surface area contributed by atoms with Crippen LogP contribution in [-0.4, -0.2) is 29.2 Å². The molecule has 0 atom stereocenters. The summed E-state index contributed by atoms with van der Waals surface area (Å²) in [6, 6.07) is 12.5. The molecule has 116 valence electrons. The number of ketones is 1. The van der Waals surface area contributed by atoms with Gasteiger partial charge in [-0.1, -0.05) is 30.3 Å². The van der Waals surface area contributed by atoms with Crippen molar-refractivity contribution in [1.82, 2.24) is 5.48 Å². The number of nitrogens with two attached hydrogens (primary N) is 1. The van der Waals surface area contributed by atoms with E-state index in [0.717, 1.165) is 0 Å². The lowest BCUT2D eigenvalue weighted by molar-refractivity contribution is 0.103. The summed E-state index contributed by atoms with van der Waals surface area (Å²) in [5, 5.41) is 17.2. The van der Waals surface area contributed by atoms with Gasteiger partial charge in [0.25, 0.3) is 0 Å². The van der Waals surface area contributed by atoms with Gasteiger partial charge in [-0.25, -0.2) is 10.3 Å². The van der Waals surface area contributed by atoms with Gasteiger partial charge < -0.3 is 15.6 Å². The standard InChI is InChI=1S/C14H12O3.CH4N2O2/c1-17-11-7-8-12(13(15)9-11)14(16)10-5-3-2-4-6-10;2-1(4)3-5/h2-9,15H,1H3;5H,(H3,2,3,4). The minimum absolute atomic E-state index is 0.0711. The third-order valence-corrected chi connectivity index (χ3v) is 2.60. The maximum absolute atomic E-state index is 12.1. The zero-order valence-electron chi connectivity index (χ0n) is 11.8. The van der Waals surface area contributed by atoms with Gasteiger partial charge in [-0.2, -0.15) is 0 Å². The van der Waals surface area contributed by atoms with Gasteiger partial charge in [-0.15, -0.1) is 0 Å². The van der Waals surface area contributed by atoms with E-state index < -0.39 is 6.03 Å². The monoisotopic (exact) mass is 304 g/mol. The predicted octanol–water partition coefficient (Wildman–Crippen LogP) is 1.68. The maximum Gasteiger partial charge on any atom is 0.335 e. The first-order valence-corrected chi connectivity index (χ1v) is 6.16. The first kappa shape index (κ1) is 17.0. The van der Waals surface area contributed by atoms with Crippen LogP contribution in [0.1, 0.15) is 15.9 Å². The largest absolute Gasteiger partial charge is 0.507 e. The third kappa shape index (κ3) is 4.80. The number of carbonyl (C=O) groups excluding carboxylic acids is 2. The number of amides is 2.